The number of aliphatic imine (C=N–C) groups is 1. The molecule has 0 bridgehead atoms. The van der Waals surface area contributed by atoms with Gasteiger partial charge >= 0.3 is 0 Å². The van der Waals surface area contributed by atoms with Crippen LogP contribution in [0, 0.1) is 0 Å². The van der Waals surface area contributed by atoms with Crippen molar-refractivity contribution in [1.29, 1.82) is 0 Å². The van der Waals surface area contributed by atoms with E-state index in [1.54, 1.807) is 6.20 Å². The molecule has 122 valence electrons. The highest BCUT2D eigenvalue weighted by atomic mass is 127. The molecule has 1 aromatic rings. The fourth-order valence-corrected chi connectivity index (χ4v) is 1.93. The number of guanidine groups is 1. The van der Waals surface area contributed by atoms with Crippen LogP contribution >= 0.6 is 24.0 Å². The van der Waals surface area contributed by atoms with Gasteiger partial charge in [0, 0.05) is 32.9 Å². The Labute approximate surface area is 145 Å². The van der Waals surface area contributed by atoms with Crippen molar-refractivity contribution in [2.45, 2.75) is 27.3 Å². The Hall–Kier alpha value is -0.830. The van der Waals surface area contributed by atoms with Crippen LogP contribution in [0.4, 0.5) is 0 Å². The summed E-state index contributed by atoms with van der Waals surface area (Å²) >= 11 is 0. The number of hydrogen-bond donors (Lipinski definition) is 2. The predicted molar refractivity (Wildman–Crippen MR) is 99.2 cm³/mol. The second kappa shape index (κ2) is 11.8. The molecule has 2 N–H and O–H groups in total. The van der Waals surface area contributed by atoms with Crippen LogP contribution < -0.4 is 10.6 Å². The van der Waals surface area contributed by atoms with Crippen LogP contribution in [0.5, 0.6) is 0 Å². The minimum atomic E-state index is 0. The van der Waals surface area contributed by atoms with Crippen LogP contribution in [0.2, 0.25) is 0 Å². The molecule has 0 saturated carbocycles. The van der Waals surface area contributed by atoms with E-state index >= 15 is 0 Å². The zero-order chi connectivity index (χ0) is 14.8. The maximum absolute atomic E-state index is 4.58. The number of rotatable bonds is 8. The van der Waals surface area contributed by atoms with Crippen LogP contribution in [0.3, 0.4) is 0 Å². The van der Waals surface area contributed by atoms with Crippen molar-refractivity contribution in [2.75, 3.05) is 32.7 Å². The van der Waals surface area contributed by atoms with Crippen molar-refractivity contribution in [3.05, 3.63) is 18.0 Å². The largest absolute Gasteiger partial charge is 0.357 e. The van der Waals surface area contributed by atoms with Crippen molar-refractivity contribution in [3.8, 4) is 0 Å². The fraction of sp³-hybridized carbons (Fsp3) is 0.714. The lowest BCUT2D eigenvalue weighted by atomic mass is 10.4. The standard InChI is InChI=1S/C14H28N6.HI/c1-5-15-14(16-10-11-20(6-2)7-3)17-12-13-8-9-18-19(13)4;/h8-9H,5-7,10-12H2,1-4H3,(H2,15,16,17);1H. The van der Waals surface area contributed by atoms with Gasteiger partial charge in [0.05, 0.1) is 12.2 Å². The molecule has 0 aliphatic rings. The third-order valence-electron chi connectivity index (χ3n) is 3.28. The van der Waals surface area contributed by atoms with Crippen LogP contribution in [0.15, 0.2) is 17.3 Å². The van der Waals surface area contributed by atoms with Gasteiger partial charge in [-0.15, -0.1) is 24.0 Å². The maximum atomic E-state index is 4.58. The van der Waals surface area contributed by atoms with Crippen LogP contribution in [0.1, 0.15) is 26.5 Å². The summed E-state index contributed by atoms with van der Waals surface area (Å²) in [6.45, 7) is 12.0. The number of hydrogen-bond acceptors (Lipinski definition) is 3. The van der Waals surface area contributed by atoms with E-state index in [9.17, 15) is 0 Å². The van der Waals surface area contributed by atoms with E-state index in [-0.39, 0.29) is 24.0 Å². The lowest BCUT2D eigenvalue weighted by Gasteiger charge is -2.19. The minimum Gasteiger partial charge on any atom is -0.357 e. The van der Waals surface area contributed by atoms with E-state index in [1.807, 2.05) is 17.8 Å². The normalized spacial score (nSPS) is 11.4. The number of aromatic nitrogens is 2. The van der Waals surface area contributed by atoms with Crippen molar-refractivity contribution in [3.63, 3.8) is 0 Å². The second-order valence-electron chi connectivity index (χ2n) is 4.59. The Morgan fingerprint density at radius 2 is 2.00 bits per heavy atom. The number of likely N-dealkylation sites (N-methyl/N-ethyl adjacent to an activating group) is 1. The summed E-state index contributed by atoms with van der Waals surface area (Å²) in [4.78, 5) is 6.97. The van der Waals surface area contributed by atoms with E-state index in [4.69, 9.17) is 0 Å². The summed E-state index contributed by atoms with van der Waals surface area (Å²) < 4.78 is 1.85. The van der Waals surface area contributed by atoms with Gasteiger partial charge in [0.25, 0.3) is 0 Å². The highest BCUT2D eigenvalue weighted by Crippen LogP contribution is 1.97. The van der Waals surface area contributed by atoms with E-state index in [0.29, 0.717) is 6.54 Å². The number of nitrogens with zero attached hydrogens (tertiary/aromatic N) is 4. The average molecular weight is 408 g/mol. The fourth-order valence-electron chi connectivity index (χ4n) is 1.93. The van der Waals surface area contributed by atoms with Gasteiger partial charge in [0.15, 0.2) is 5.96 Å². The zero-order valence-electron chi connectivity index (χ0n) is 13.6. The first-order chi connectivity index (χ1) is 9.71. The molecule has 0 saturated heterocycles. The predicted octanol–water partition coefficient (Wildman–Crippen LogP) is 1.43. The minimum absolute atomic E-state index is 0. The first-order valence-electron chi connectivity index (χ1n) is 7.42. The van der Waals surface area contributed by atoms with Crippen LogP contribution in [-0.2, 0) is 13.6 Å². The molecule has 0 radical (unpaired) electrons. The SMILES string of the molecule is CCNC(=NCc1ccnn1C)NCCN(CC)CC.I. The molecule has 0 spiro atoms. The molecule has 0 fully saturated rings. The van der Waals surface area contributed by atoms with E-state index < -0.39 is 0 Å². The molecule has 0 atom stereocenters. The first-order valence-corrected chi connectivity index (χ1v) is 7.42. The third kappa shape index (κ3) is 7.66. The quantitative estimate of drug-likeness (QED) is 0.388. The van der Waals surface area contributed by atoms with Gasteiger partial charge in [-0.05, 0) is 26.1 Å². The smallest absolute Gasteiger partial charge is 0.191 e. The van der Waals surface area contributed by atoms with Crippen molar-refractivity contribution in [2.24, 2.45) is 12.0 Å². The molecular weight excluding hydrogens is 379 g/mol. The summed E-state index contributed by atoms with van der Waals surface area (Å²) in [5, 5.41) is 10.8. The number of nitrogens with one attached hydrogen (secondary N) is 2. The molecule has 0 amide bonds. The highest BCUT2D eigenvalue weighted by molar-refractivity contribution is 14.0. The van der Waals surface area contributed by atoms with E-state index in [1.165, 1.54) is 0 Å². The summed E-state index contributed by atoms with van der Waals surface area (Å²) in [6.07, 6.45) is 1.80. The Kier molecular flexibility index (Phi) is 11.3. The Bertz CT molecular complexity index is 400. The Morgan fingerprint density at radius 3 is 2.52 bits per heavy atom. The summed E-state index contributed by atoms with van der Waals surface area (Å²) in [5.74, 6) is 0.862. The maximum Gasteiger partial charge on any atom is 0.191 e. The molecule has 21 heavy (non-hydrogen) atoms. The molecule has 1 rings (SSSR count). The molecule has 1 heterocycles. The molecule has 6 nitrogen and oxygen atoms in total. The van der Waals surface area contributed by atoms with E-state index in [0.717, 1.165) is 44.4 Å². The van der Waals surface area contributed by atoms with Gasteiger partial charge in [0.2, 0.25) is 0 Å². The van der Waals surface area contributed by atoms with Gasteiger partial charge in [0.1, 0.15) is 0 Å². The molecule has 0 aliphatic heterocycles. The van der Waals surface area contributed by atoms with Gasteiger partial charge in [-0.2, -0.15) is 5.10 Å². The van der Waals surface area contributed by atoms with E-state index in [2.05, 4.69) is 46.4 Å². The number of halogens is 1. The van der Waals surface area contributed by atoms with Crippen molar-refractivity contribution >= 4 is 29.9 Å². The average Bonchev–Trinajstić information content (AvgIpc) is 2.86. The molecular formula is C14H29IN6. The van der Waals surface area contributed by atoms with Crippen LogP contribution in [0.25, 0.3) is 0 Å². The Morgan fingerprint density at radius 1 is 1.29 bits per heavy atom. The second-order valence-corrected chi connectivity index (χ2v) is 4.59. The highest BCUT2D eigenvalue weighted by Gasteiger charge is 2.02. The van der Waals surface area contributed by atoms with Crippen molar-refractivity contribution < 1.29 is 0 Å². The summed E-state index contributed by atoms with van der Waals surface area (Å²) in [5.41, 5.74) is 1.10. The van der Waals surface area contributed by atoms with Gasteiger partial charge in [-0.3, -0.25) is 4.68 Å². The summed E-state index contributed by atoms with van der Waals surface area (Å²) in [7, 11) is 1.94. The van der Waals surface area contributed by atoms with Crippen molar-refractivity contribution in [1.82, 2.24) is 25.3 Å². The lowest BCUT2D eigenvalue weighted by molar-refractivity contribution is 0.308. The first kappa shape index (κ1) is 20.2. The third-order valence-corrected chi connectivity index (χ3v) is 3.28. The molecule has 7 heteroatoms. The molecule has 0 aromatic carbocycles. The van der Waals surface area contributed by atoms with Gasteiger partial charge < -0.3 is 15.5 Å². The topological polar surface area (TPSA) is 57.5 Å². The Balaban J connectivity index is 0.00000400. The van der Waals surface area contributed by atoms with Crippen LogP contribution in [-0.4, -0.2) is 53.4 Å². The van der Waals surface area contributed by atoms with Gasteiger partial charge in [-0.1, -0.05) is 13.8 Å². The molecule has 0 unspecified atom stereocenters. The monoisotopic (exact) mass is 408 g/mol. The molecule has 1 aromatic heterocycles. The molecule has 0 aliphatic carbocycles. The van der Waals surface area contributed by atoms with Gasteiger partial charge in [-0.25, -0.2) is 4.99 Å². The summed E-state index contributed by atoms with van der Waals surface area (Å²) in [6, 6.07) is 1.99. The zero-order valence-corrected chi connectivity index (χ0v) is 15.9. The number of aryl methyl sites for hydroxylation is 1. The lowest BCUT2D eigenvalue weighted by Crippen LogP contribution is -2.41.